The Bertz CT molecular complexity index is 794. The van der Waals surface area contributed by atoms with E-state index in [-0.39, 0.29) is 5.91 Å². The van der Waals surface area contributed by atoms with Crippen molar-refractivity contribution >= 4 is 35.0 Å². The Morgan fingerprint density at radius 3 is 2.80 bits per heavy atom. The van der Waals surface area contributed by atoms with Crippen LogP contribution in [-0.2, 0) is 10.5 Å². The van der Waals surface area contributed by atoms with Gasteiger partial charge in [-0.2, -0.15) is 0 Å². The molecule has 2 aromatic rings. The molecule has 132 valence electrons. The third kappa shape index (κ3) is 4.61. The fourth-order valence-electron chi connectivity index (χ4n) is 2.65. The average Bonchev–Trinajstić information content (AvgIpc) is 2.57. The van der Waals surface area contributed by atoms with Crippen LogP contribution in [0.15, 0.2) is 30.3 Å². The zero-order chi connectivity index (χ0) is 17.8. The third-order valence-corrected chi connectivity index (χ3v) is 5.10. The number of fused-ring (bicyclic) bond motifs is 1. The van der Waals surface area contributed by atoms with Crippen LogP contribution in [0.4, 0.5) is 5.69 Å². The molecule has 1 aliphatic heterocycles. The zero-order valence-electron chi connectivity index (χ0n) is 14.2. The fourth-order valence-corrected chi connectivity index (χ4v) is 3.70. The molecular formula is C19H20ClNO3S. The lowest BCUT2D eigenvalue weighted by atomic mass is 10.1. The first-order valence-electron chi connectivity index (χ1n) is 8.06. The number of amides is 1. The van der Waals surface area contributed by atoms with E-state index in [1.54, 1.807) is 0 Å². The number of thioether (sulfide) groups is 1. The highest BCUT2D eigenvalue weighted by Gasteiger charge is 2.16. The molecule has 0 fully saturated rings. The molecule has 0 atom stereocenters. The molecule has 0 unspecified atom stereocenters. The van der Waals surface area contributed by atoms with E-state index in [9.17, 15) is 4.79 Å². The lowest BCUT2D eigenvalue weighted by Gasteiger charge is -2.20. The Morgan fingerprint density at radius 2 is 2.00 bits per heavy atom. The number of hydrogen-bond acceptors (Lipinski definition) is 4. The Kier molecular flexibility index (Phi) is 5.76. The molecule has 6 heteroatoms. The standard InChI is InChI=1S/C19H20ClNO3S/c1-12-3-4-16(13(2)7-12)21-18(22)11-25-10-14-8-15(20)19-17(9-14)23-5-6-24-19/h3-4,7-9H,5-6,10-11H2,1-2H3,(H,21,22). The number of carbonyl (C=O) groups excluding carboxylic acids is 1. The van der Waals surface area contributed by atoms with Crippen molar-refractivity contribution in [3.63, 3.8) is 0 Å². The summed E-state index contributed by atoms with van der Waals surface area (Å²) in [7, 11) is 0. The Labute approximate surface area is 156 Å². The molecule has 1 amide bonds. The zero-order valence-corrected chi connectivity index (χ0v) is 15.8. The van der Waals surface area contributed by atoms with Crippen molar-refractivity contribution in [3.05, 3.63) is 52.0 Å². The number of halogens is 1. The summed E-state index contributed by atoms with van der Waals surface area (Å²) in [5.41, 5.74) is 4.12. The van der Waals surface area contributed by atoms with Gasteiger partial charge in [0.25, 0.3) is 0 Å². The quantitative estimate of drug-likeness (QED) is 0.827. The summed E-state index contributed by atoms with van der Waals surface area (Å²) < 4.78 is 11.1. The molecule has 4 nitrogen and oxygen atoms in total. The number of hydrogen-bond donors (Lipinski definition) is 1. The van der Waals surface area contributed by atoms with E-state index < -0.39 is 0 Å². The Balaban J connectivity index is 1.54. The summed E-state index contributed by atoms with van der Waals surface area (Å²) >= 11 is 7.77. The van der Waals surface area contributed by atoms with Crippen molar-refractivity contribution in [3.8, 4) is 11.5 Å². The van der Waals surface area contributed by atoms with Crippen LogP contribution in [0.3, 0.4) is 0 Å². The molecule has 0 bridgehead atoms. The predicted molar refractivity (Wildman–Crippen MR) is 103 cm³/mol. The minimum absolute atomic E-state index is 0.0133. The number of aryl methyl sites for hydroxylation is 2. The van der Waals surface area contributed by atoms with E-state index in [1.165, 1.54) is 17.3 Å². The Hall–Kier alpha value is -1.85. The van der Waals surface area contributed by atoms with Crippen LogP contribution in [0.2, 0.25) is 5.02 Å². The van der Waals surface area contributed by atoms with Crippen LogP contribution in [0.5, 0.6) is 11.5 Å². The lowest BCUT2D eigenvalue weighted by molar-refractivity contribution is -0.113. The number of carbonyl (C=O) groups is 1. The van der Waals surface area contributed by atoms with E-state index >= 15 is 0 Å². The highest BCUT2D eigenvalue weighted by molar-refractivity contribution is 7.99. The van der Waals surface area contributed by atoms with Gasteiger partial charge in [0, 0.05) is 11.4 Å². The maximum Gasteiger partial charge on any atom is 0.234 e. The van der Waals surface area contributed by atoms with Gasteiger partial charge in [0.05, 0.1) is 10.8 Å². The topological polar surface area (TPSA) is 47.6 Å². The van der Waals surface area contributed by atoms with Crippen LogP contribution in [0, 0.1) is 13.8 Å². The SMILES string of the molecule is Cc1ccc(NC(=O)CSCc2cc(Cl)c3c(c2)OCCO3)c(C)c1. The monoisotopic (exact) mass is 377 g/mol. The van der Waals surface area contributed by atoms with Gasteiger partial charge in [-0.25, -0.2) is 0 Å². The summed E-state index contributed by atoms with van der Waals surface area (Å²) in [4.78, 5) is 12.1. The minimum atomic E-state index is -0.0133. The first kappa shape index (κ1) is 18.0. The molecule has 1 aliphatic rings. The van der Waals surface area contributed by atoms with Gasteiger partial charge in [-0.15, -0.1) is 11.8 Å². The maximum atomic E-state index is 12.1. The van der Waals surface area contributed by atoms with Crippen molar-refractivity contribution < 1.29 is 14.3 Å². The number of ether oxygens (including phenoxy) is 2. The molecule has 0 spiro atoms. The molecule has 1 N–H and O–H groups in total. The summed E-state index contributed by atoms with van der Waals surface area (Å²) in [6.07, 6.45) is 0. The number of benzene rings is 2. The molecule has 25 heavy (non-hydrogen) atoms. The van der Waals surface area contributed by atoms with Crippen molar-refractivity contribution in [2.75, 3.05) is 24.3 Å². The molecule has 0 aliphatic carbocycles. The smallest absolute Gasteiger partial charge is 0.234 e. The van der Waals surface area contributed by atoms with E-state index in [0.717, 1.165) is 16.8 Å². The van der Waals surface area contributed by atoms with Gasteiger partial charge in [-0.3, -0.25) is 4.79 Å². The molecule has 2 aromatic carbocycles. The van der Waals surface area contributed by atoms with E-state index in [4.69, 9.17) is 21.1 Å². The van der Waals surface area contributed by atoms with Gasteiger partial charge >= 0.3 is 0 Å². The minimum Gasteiger partial charge on any atom is -0.486 e. The molecule has 0 saturated heterocycles. The summed E-state index contributed by atoms with van der Waals surface area (Å²) in [6, 6.07) is 9.78. The predicted octanol–water partition coefficient (Wildman–Crippen LogP) is 4.60. The van der Waals surface area contributed by atoms with Gasteiger partial charge < -0.3 is 14.8 Å². The van der Waals surface area contributed by atoms with Crippen LogP contribution in [-0.4, -0.2) is 24.9 Å². The van der Waals surface area contributed by atoms with Gasteiger partial charge in [0.15, 0.2) is 11.5 Å². The van der Waals surface area contributed by atoms with Crippen LogP contribution in [0.1, 0.15) is 16.7 Å². The van der Waals surface area contributed by atoms with Crippen LogP contribution < -0.4 is 14.8 Å². The normalized spacial score (nSPS) is 12.8. The van der Waals surface area contributed by atoms with E-state index in [2.05, 4.69) is 11.4 Å². The van der Waals surface area contributed by atoms with E-state index in [0.29, 0.717) is 41.2 Å². The first-order valence-corrected chi connectivity index (χ1v) is 9.59. The largest absolute Gasteiger partial charge is 0.486 e. The third-order valence-electron chi connectivity index (χ3n) is 3.81. The van der Waals surface area contributed by atoms with Gasteiger partial charge in [0.2, 0.25) is 5.91 Å². The summed E-state index contributed by atoms with van der Waals surface area (Å²) in [5, 5.41) is 3.50. The van der Waals surface area contributed by atoms with Crippen LogP contribution in [0.25, 0.3) is 0 Å². The molecular weight excluding hydrogens is 358 g/mol. The number of anilines is 1. The van der Waals surface area contributed by atoms with Crippen molar-refractivity contribution in [2.45, 2.75) is 19.6 Å². The molecule has 0 saturated carbocycles. The summed E-state index contributed by atoms with van der Waals surface area (Å²) in [6.45, 7) is 5.07. The highest BCUT2D eigenvalue weighted by Crippen LogP contribution is 2.39. The van der Waals surface area contributed by atoms with Gasteiger partial charge in [-0.1, -0.05) is 29.3 Å². The van der Waals surface area contributed by atoms with Gasteiger partial charge in [-0.05, 0) is 43.2 Å². The Morgan fingerprint density at radius 1 is 1.20 bits per heavy atom. The second-order valence-electron chi connectivity index (χ2n) is 5.96. The van der Waals surface area contributed by atoms with Gasteiger partial charge in [0.1, 0.15) is 13.2 Å². The average molecular weight is 378 g/mol. The first-order chi connectivity index (χ1) is 12.0. The maximum absolute atomic E-state index is 12.1. The lowest BCUT2D eigenvalue weighted by Crippen LogP contribution is -2.16. The molecule has 3 rings (SSSR count). The second-order valence-corrected chi connectivity index (χ2v) is 7.35. The molecule has 0 radical (unpaired) electrons. The van der Waals surface area contributed by atoms with Crippen molar-refractivity contribution in [1.29, 1.82) is 0 Å². The molecule has 1 heterocycles. The number of rotatable bonds is 5. The fraction of sp³-hybridized carbons (Fsp3) is 0.316. The number of nitrogens with one attached hydrogen (secondary N) is 1. The van der Waals surface area contributed by atoms with Crippen molar-refractivity contribution in [1.82, 2.24) is 0 Å². The van der Waals surface area contributed by atoms with E-state index in [1.807, 2.05) is 38.1 Å². The highest BCUT2D eigenvalue weighted by atomic mass is 35.5. The van der Waals surface area contributed by atoms with Crippen molar-refractivity contribution in [2.24, 2.45) is 0 Å². The second kappa shape index (κ2) is 8.02. The van der Waals surface area contributed by atoms with Crippen LogP contribution >= 0.6 is 23.4 Å². The molecule has 0 aromatic heterocycles. The summed E-state index contributed by atoms with van der Waals surface area (Å²) in [5.74, 6) is 2.32.